The van der Waals surface area contributed by atoms with Crippen molar-refractivity contribution in [2.24, 2.45) is 5.92 Å². The van der Waals surface area contributed by atoms with E-state index in [4.69, 9.17) is 0 Å². The second-order valence-corrected chi connectivity index (χ2v) is 8.95. The monoisotopic (exact) mass is 399 g/mol. The maximum absolute atomic E-state index is 13.0. The normalized spacial score (nSPS) is 19.7. The lowest BCUT2D eigenvalue weighted by Crippen LogP contribution is -2.48. The number of rotatable bonds is 4. The Morgan fingerprint density at radius 1 is 1.07 bits per heavy atom. The summed E-state index contributed by atoms with van der Waals surface area (Å²) >= 11 is 1.67. The van der Waals surface area contributed by atoms with Crippen molar-refractivity contribution in [1.82, 2.24) is 20.0 Å². The molecule has 0 radical (unpaired) electrons. The number of carbonyl (C=O) groups excluding carboxylic acids is 1. The van der Waals surface area contributed by atoms with Gasteiger partial charge in [0.15, 0.2) is 5.82 Å². The van der Waals surface area contributed by atoms with Gasteiger partial charge in [0.05, 0.1) is 4.88 Å². The summed E-state index contributed by atoms with van der Waals surface area (Å²) in [7, 11) is 4.16. The lowest BCUT2D eigenvalue weighted by molar-refractivity contribution is -0.137. The minimum absolute atomic E-state index is 0.138. The third-order valence-electron chi connectivity index (χ3n) is 6.18. The van der Waals surface area contributed by atoms with Crippen LogP contribution >= 0.6 is 11.3 Å². The van der Waals surface area contributed by atoms with Gasteiger partial charge in [0, 0.05) is 32.1 Å². The SMILES string of the molecule is CN1CCC(N(C)C(=O)C2CCN(c3ccc(-c4cccs4)nn3)CC2)CC1. The molecule has 1 amide bonds. The molecule has 0 aromatic carbocycles. The summed E-state index contributed by atoms with van der Waals surface area (Å²) in [6, 6.07) is 8.58. The van der Waals surface area contributed by atoms with E-state index in [1.165, 1.54) is 0 Å². The van der Waals surface area contributed by atoms with Gasteiger partial charge in [-0.25, -0.2) is 0 Å². The first-order valence-corrected chi connectivity index (χ1v) is 11.1. The first kappa shape index (κ1) is 19.3. The average molecular weight is 400 g/mol. The Labute approximate surface area is 171 Å². The van der Waals surface area contributed by atoms with Crippen molar-refractivity contribution in [2.75, 3.05) is 45.2 Å². The van der Waals surface area contributed by atoms with Crippen molar-refractivity contribution < 1.29 is 4.79 Å². The van der Waals surface area contributed by atoms with Crippen LogP contribution in [0.3, 0.4) is 0 Å². The zero-order valence-electron chi connectivity index (χ0n) is 16.8. The van der Waals surface area contributed by atoms with Gasteiger partial charge in [-0.3, -0.25) is 4.79 Å². The van der Waals surface area contributed by atoms with E-state index < -0.39 is 0 Å². The molecule has 4 rings (SSSR count). The molecule has 2 aliphatic rings. The van der Waals surface area contributed by atoms with Crippen LogP contribution < -0.4 is 4.90 Å². The predicted molar refractivity (Wildman–Crippen MR) is 114 cm³/mol. The summed E-state index contributed by atoms with van der Waals surface area (Å²) in [5, 5.41) is 10.9. The van der Waals surface area contributed by atoms with Crippen LogP contribution in [0.25, 0.3) is 10.6 Å². The Morgan fingerprint density at radius 2 is 1.82 bits per heavy atom. The number of amides is 1. The largest absolute Gasteiger partial charge is 0.355 e. The average Bonchev–Trinajstić information content (AvgIpc) is 3.28. The maximum Gasteiger partial charge on any atom is 0.225 e. The smallest absolute Gasteiger partial charge is 0.225 e. The van der Waals surface area contributed by atoms with E-state index in [2.05, 4.69) is 44.6 Å². The Balaban J connectivity index is 1.31. The zero-order chi connectivity index (χ0) is 19.5. The standard InChI is InChI=1S/C21H29N5OS/c1-24-11-9-17(10-12-24)25(2)21(27)16-7-13-26(14-8-16)20-6-5-18(22-23-20)19-4-3-15-28-19/h3-6,15-17H,7-14H2,1-2H3. The highest BCUT2D eigenvalue weighted by molar-refractivity contribution is 7.13. The van der Waals surface area contributed by atoms with Crippen LogP contribution in [0.4, 0.5) is 5.82 Å². The van der Waals surface area contributed by atoms with Crippen molar-refractivity contribution in [3.8, 4) is 10.6 Å². The van der Waals surface area contributed by atoms with E-state index in [0.717, 1.165) is 68.3 Å². The first-order chi connectivity index (χ1) is 13.6. The number of hydrogen-bond acceptors (Lipinski definition) is 6. The van der Waals surface area contributed by atoms with Crippen molar-refractivity contribution in [3.63, 3.8) is 0 Å². The number of piperidine rings is 2. The fourth-order valence-electron chi connectivity index (χ4n) is 4.26. The molecule has 0 aliphatic carbocycles. The van der Waals surface area contributed by atoms with E-state index in [0.29, 0.717) is 11.9 Å². The molecule has 0 N–H and O–H groups in total. The Morgan fingerprint density at radius 3 is 2.43 bits per heavy atom. The number of carbonyl (C=O) groups is 1. The second-order valence-electron chi connectivity index (χ2n) is 8.00. The molecular weight excluding hydrogens is 370 g/mol. The van der Waals surface area contributed by atoms with Crippen LogP contribution in [-0.2, 0) is 4.79 Å². The summed E-state index contributed by atoms with van der Waals surface area (Å²) < 4.78 is 0. The molecule has 0 bridgehead atoms. The van der Waals surface area contributed by atoms with E-state index in [-0.39, 0.29) is 5.92 Å². The second kappa shape index (κ2) is 8.57. The molecule has 6 nitrogen and oxygen atoms in total. The van der Waals surface area contributed by atoms with Gasteiger partial charge in [0.1, 0.15) is 5.69 Å². The molecule has 2 aromatic heterocycles. The highest BCUT2D eigenvalue weighted by Crippen LogP contribution is 2.27. The lowest BCUT2D eigenvalue weighted by Gasteiger charge is -2.38. The molecular formula is C21H29N5OS. The maximum atomic E-state index is 13.0. The summed E-state index contributed by atoms with van der Waals surface area (Å²) in [6.07, 6.45) is 3.96. The van der Waals surface area contributed by atoms with Crippen molar-refractivity contribution >= 4 is 23.1 Å². The topological polar surface area (TPSA) is 52.6 Å². The first-order valence-electron chi connectivity index (χ1n) is 10.2. The Hall–Kier alpha value is -1.99. The highest BCUT2D eigenvalue weighted by Gasteiger charge is 2.31. The zero-order valence-corrected chi connectivity index (χ0v) is 17.6. The van der Waals surface area contributed by atoms with Crippen LogP contribution in [0.1, 0.15) is 25.7 Å². The molecule has 2 aliphatic heterocycles. The minimum atomic E-state index is 0.138. The number of hydrogen-bond donors (Lipinski definition) is 0. The molecule has 7 heteroatoms. The third-order valence-corrected chi connectivity index (χ3v) is 7.07. The van der Waals surface area contributed by atoms with E-state index >= 15 is 0 Å². The summed E-state index contributed by atoms with van der Waals surface area (Å²) in [5.41, 5.74) is 0.920. The molecule has 0 atom stereocenters. The van der Waals surface area contributed by atoms with Gasteiger partial charge in [-0.15, -0.1) is 21.5 Å². The summed E-state index contributed by atoms with van der Waals surface area (Å²) in [5.74, 6) is 1.38. The number of aromatic nitrogens is 2. The fourth-order valence-corrected chi connectivity index (χ4v) is 4.95. The minimum Gasteiger partial charge on any atom is -0.355 e. The number of anilines is 1. The summed E-state index contributed by atoms with van der Waals surface area (Å²) in [4.78, 5) is 20.7. The van der Waals surface area contributed by atoms with Gasteiger partial charge in [-0.1, -0.05) is 6.07 Å². The summed E-state index contributed by atoms with van der Waals surface area (Å²) in [6.45, 7) is 3.90. The van der Waals surface area contributed by atoms with Crippen molar-refractivity contribution in [3.05, 3.63) is 29.6 Å². The molecule has 150 valence electrons. The Bertz CT molecular complexity index is 763. The van der Waals surface area contributed by atoms with Crippen LogP contribution in [0.15, 0.2) is 29.6 Å². The molecule has 2 fully saturated rings. The van der Waals surface area contributed by atoms with Gasteiger partial charge in [-0.05, 0) is 69.4 Å². The van der Waals surface area contributed by atoms with Gasteiger partial charge < -0.3 is 14.7 Å². The molecule has 0 unspecified atom stereocenters. The van der Waals surface area contributed by atoms with Crippen LogP contribution in [0, 0.1) is 5.92 Å². The van der Waals surface area contributed by atoms with E-state index in [1.54, 1.807) is 11.3 Å². The molecule has 28 heavy (non-hydrogen) atoms. The van der Waals surface area contributed by atoms with Gasteiger partial charge in [-0.2, -0.15) is 0 Å². The molecule has 0 saturated carbocycles. The number of likely N-dealkylation sites (tertiary alicyclic amines) is 1. The number of nitrogens with zero attached hydrogens (tertiary/aromatic N) is 5. The molecule has 4 heterocycles. The van der Waals surface area contributed by atoms with Crippen molar-refractivity contribution in [2.45, 2.75) is 31.7 Å². The van der Waals surface area contributed by atoms with Crippen molar-refractivity contribution in [1.29, 1.82) is 0 Å². The van der Waals surface area contributed by atoms with Gasteiger partial charge in [0.2, 0.25) is 5.91 Å². The third kappa shape index (κ3) is 4.20. The van der Waals surface area contributed by atoms with E-state index in [1.807, 2.05) is 24.1 Å². The van der Waals surface area contributed by atoms with Gasteiger partial charge in [0.25, 0.3) is 0 Å². The lowest BCUT2D eigenvalue weighted by atomic mass is 9.93. The quantitative estimate of drug-likeness (QED) is 0.791. The molecule has 0 spiro atoms. The Kier molecular flexibility index (Phi) is 5.92. The molecule has 2 saturated heterocycles. The van der Waals surface area contributed by atoms with Crippen LogP contribution in [0.5, 0.6) is 0 Å². The number of thiophene rings is 1. The fraction of sp³-hybridized carbons (Fsp3) is 0.571. The molecule has 2 aromatic rings. The predicted octanol–water partition coefficient (Wildman–Crippen LogP) is 2.97. The van der Waals surface area contributed by atoms with Crippen LogP contribution in [-0.4, -0.2) is 72.2 Å². The van der Waals surface area contributed by atoms with E-state index in [9.17, 15) is 4.79 Å². The van der Waals surface area contributed by atoms with Crippen LogP contribution in [0.2, 0.25) is 0 Å². The van der Waals surface area contributed by atoms with Gasteiger partial charge >= 0.3 is 0 Å². The highest BCUT2D eigenvalue weighted by atomic mass is 32.1.